The standard InChI is InChI=1S/C16H16ClNO3/c1-3-8-20-16(19)15-11-9-18(2)7-6-10-12(17)4-5-13(21-15)14(10)11/h3-5H,1,6-9H2,2H3. The van der Waals surface area contributed by atoms with Gasteiger partial charge in [0.15, 0.2) is 0 Å². The van der Waals surface area contributed by atoms with Crippen molar-refractivity contribution in [2.75, 3.05) is 20.2 Å². The van der Waals surface area contributed by atoms with Gasteiger partial charge in [-0.1, -0.05) is 24.3 Å². The van der Waals surface area contributed by atoms with Gasteiger partial charge in [0.1, 0.15) is 12.2 Å². The van der Waals surface area contributed by atoms with Crippen molar-refractivity contribution in [3.8, 4) is 0 Å². The van der Waals surface area contributed by atoms with Crippen molar-refractivity contribution < 1.29 is 13.9 Å². The van der Waals surface area contributed by atoms with Crippen molar-refractivity contribution in [3.05, 3.63) is 46.7 Å². The lowest BCUT2D eigenvalue weighted by atomic mass is 10.0. The van der Waals surface area contributed by atoms with Crippen LogP contribution in [-0.4, -0.2) is 31.1 Å². The Balaban J connectivity index is 2.18. The Kier molecular flexibility index (Phi) is 3.74. The lowest BCUT2D eigenvalue weighted by Gasteiger charge is -2.13. The first-order chi connectivity index (χ1) is 10.1. The summed E-state index contributed by atoms with van der Waals surface area (Å²) in [6, 6.07) is 3.62. The van der Waals surface area contributed by atoms with Gasteiger partial charge in [-0.05, 0) is 31.2 Å². The molecule has 21 heavy (non-hydrogen) atoms. The number of hydrogen-bond acceptors (Lipinski definition) is 4. The van der Waals surface area contributed by atoms with Crippen LogP contribution in [0.5, 0.6) is 0 Å². The molecular formula is C16H16ClNO3. The van der Waals surface area contributed by atoms with Crippen LogP contribution in [-0.2, 0) is 17.7 Å². The summed E-state index contributed by atoms with van der Waals surface area (Å²) in [5, 5.41) is 1.67. The van der Waals surface area contributed by atoms with Crippen LogP contribution in [0.25, 0.3) is 11.0 Å². The minimum Gasteiger partial charge on any atom is -0.456 e. The van der Waals surface area contributed by atoms with Gasteiger partial charge in [-0.25, -0.2) is 4.79 Å². The highest BCUT2D eigenvalue weighted by Crippen LogP contribution is 2.36. The predicted molar refractivity (Wildman–Crippen MR) is 81.7 cm³/mol. The second-order valence-corrected chi connectivity index (χ2v) is 5.59. The van der Waals surface area contributed by atoms with E-state index in [2.05, 4.69) is 11.5 Å². The van der Waals surface area contributed by atoms with Gasteiger partial charge < -0.3 is 14.1 Å². The molecule has 0 bridgehead atoms. The summed E-state index contributed by atoms with van der Waals surface area (Å²) in [6.45, 7) is 5.23. The van der Waals surface area contributed by atoms with Crippen molar-refractivity contribution in [1.29, 1.82) is 0 Å². The van der Waals surface area contributed by atoms with Crippen LogP contribution in [0.1, 0.15) is 21.7 Å². The number of benzene rings is 1. The molecule has 2 heterocycles. The van der Waals surface area contributed by atoms with E-state index in [1.54, 1.807) is 6.07 Å². The monoisotopic (exact) mass is 305 g/mol. The van der Waals surface area contributed by atoms with Gasteiger partial charge in [-0.2, -0.15) is 0 Å². The number of likely N-dealkylation sites (N-methyl/N-ethyl adjacent to an activating group) is 1. The summed E-state index contributed by atoms with van der Waals surface area (Å²) >= 11 is 6.31. The van der Waals surface area contributed by atoms with Crippen LogP contribution >= 0.6 is 11.6 Å². The minimum atomic E-state index is -0.460. The lowest BCUT2D eigenvalue weighted by molar-refractivity contribution is 0.0513. The van der Waals surface area contributed by atoms with Gasteiger partial charge >= 0.3 is 5.97 Å². The van der Waals surface area contributed by atoms with E-state index >= 15 is 0 Å². The molecule has 1 aromatic heterocycles. The molecular weight excluding hydrogens is 290 g/mol. The number of rotatable bonds is 3. The fraction of sp³-hybridized carbons (Fsp3) is 0.312. The topological polar surface area (TPSA) is 42.7 Å². The predicted octanol–water partition coefficient (Wildman–Crippen LogP) is 3.42. The molecule has 0 saturated heterocycles. The van der Waals surface area contributed by atoms with E-state index in [0.29, 0.717) is 17.2 Å². The van der Waals surface area contributed by atoms with E-state index in [0.717, 1.165) is 29.5 Å². The highest BCUT2D eigenvalue weighted by Gasteiger charge is 2.27. The molecule has 0 saturated carbocycles. The smallest absolute Gasteiger partial charge is 0.374 e. The van der Waals surface area contributed by atoms with Crippen molar-refractivity contribution in [2.24, 2.45) is 0 Å². The second-order valence-electron chi connectivity index (χ2n) is 5.18. The molecule has 0 amide bonds. The average molecular weight is 306 g/mol. The quantitative estimate of drug-likeness (QED) is 0.644. The van der Waals surface area contributed by atoms with E-state index in [9.17, 15) is 4.79 Å². The SMILES string of the molecule is C=CCOC(=O)c1oc2ccc(Cl)c3c2c1CN(C)CC3. The number of nitrogens with zero attached hydrogens (tertiary/aromatic N) is 1. The van der Waals surface area contributed by atoms with E-state index in [1.807, 2.05) is 13.1 Å². The van der Waals surface area contributed by atoms with Gasteiger partial charge in [0, 0.05) is 29.1 Å². The Bertz CT molecular complexity index is 720. The summed E-state index contributed by atoms with van der Waals surface area (Å²) < 4.78 is 10.9. The number of carbonyl (C=O) groups is 1. The second kappa shape index (κ2) is 5.54. The van der Waals surface area contributed by atoms with Crippen LogP contribution in [0.4, 0.5) is 0 Å². The fourth-order valence-corrected chi connectivity index (χ4v) is 2.97. The number of halogens is 1. The van der Waals surface area contributed by atoms with Gasteiger partial charge in [0.25, 0.3) is 0 Å². The molecule has 2 aromatic rings. The lowest BCUT2D eigenvalue weighted by Crippen LogP contribution is -2.20. The van der Waals surface area contributed by atoms with Crippen molar-refractivity contribution in [2.45, 2.75) is 13.0 Å². The Morgan fingerprint density at radius 2 is 2.33 bits per heavy atom. The summed E-state index contributed by atoms with van der Waals surface area (Å²) in [7, 11) is 2.01. The molecule has 0 fully saturated rings. The average Bonchev–Trinajstić information content (AvgIpc) is 2.72. The maximum atomic E-state index is 12.2. The Morgan fingerprint density at radius 3 is 3.10 bits per heavy atom. The molecule has 1 aliphatic heterocycles. The Morgan fingerprint density at radius 1 is 1.52 bits per heavy atom. The Hall–Kier alpha value is -1.78. The molecule has 1 aromatic carbocycles. The number of esters is 1. The number of carbonyl (C=O) groups excluding carboxylic acids is 1. The van der Waals surface area contributed by atoms with E-state index in [-0.39, 0.29) is 12.4 Å². The van der Waals surface area contributed by atoms with Gasteiger partial charge in [0.05, 0.1) is 0 Å². The third-order valence-corrected chi connectivity index (χ3v) is 4.05. The van der Waals surface area contributed by atoms with E-state index < -0.39 is 5.97 Å². The molecule has 0 radical (unpaired) electrons. The van der Waals surface area contributed by atoms with Gasteiger partial charge in [-0.3, -0.25) is 0 Å². The number of ether oxygens (including phenoxy) is 1. The van der Waals surface area contributed by atoms with Gasteiger partial charge in [-0.15, -0.1) is 0 Å². The largest absolute Gasteiger partial charge is 0.456 e. The molecule has 110 valence electrons. The fourth-order valence-electron chi connectivity index (χ4n) is 2.71. The molecule has 0 aliphatic carbocycles. The molecule has 4 nitrogen and oxygen atoms in total. The first-order valence-corrected chi connectivity index (χ1v) is 7.19. The molecule has 0 unspecified atom stereocenters. The highest BCUT2D eigenvalue weighted by atomic mass is 35.5. The molecule has 0 N–H and O–H groups in total. The molecule has 0 spiro atoms. The number of furan rings is 1. The minimum absolute atomic E-state index is 0.165. The van der Waals surface area contributed by atoms with Crippen LogP contribution < -0.4 is 0 Å². The maximum absolute atomic E-state index is 12.2. The third kappa shape index (κ3) is 2.45. The maximum Gasteiger partial charge on any atom is 0.374 e. The summed E-state index contributed by atoms with van der Waals surface area (Å²) in [6.07, 6.45) is 2.37. The van der Waals surface area contributed by atoms with Gasteiger partial charge in [0.2, 0.25) is 5.76 Å². The highest BCUT2D eigenvalue weighted by molar-refractivity contribution is 6.32. The zero-order valence-electron chi connectivity index (χ0n) is 11.8. The van der Waals surface area contributed by atoms with Crippen LogP contribution in [0.2, 0.25) is 5.02 Å². The zero-order valence-corrected chi connectivity index (χ0v) is 12.6. The molecule has 0 atom stereocenters. The third-order valence-electron chi connectivity index (χ3n) is 3.69. The number of hydrogen-bond donors (Lipinski definition) is 0. The molecule has 1 aliphatic rings. The molecule has 3 rings (SSSR count). The van der Waals surface area contributed by atoms with Crippen molar-refractivity contribution >= 4 is 28.5 Å². The normalized spacial score (nSPS) is 15.0. The summed E-state index contributed by atoms with van der Waals surface area (Å²) in [5.74, 6) is -0.192. The van der Waals surface area contributed by atoms with Crippen molar-refractivity contribution in [3.63, 3.8) is 0 Å². The van der Waals surface area contributed by atoms with Crippen LogP contribution in [0.3, 0.4) is 0 Å². The van der Waals surface area contributed by atoms with E-state index in [1.165, 1.54) is 6.08 Å². The van der Waals surface area contributed by atoms with Crippen LogP contribution in [0.15, 0.2) is 29.2 Å². The summed E-state index contributed by atoms with van der Waals surface area (Å²) in [4.78, 5) is 14.3. The first-order valence-electron chi connectivity index (χ1n) is 6.81. The van der Waals surface area contributed by atoms with Crippen LogP contribution in [0, 0.1) is 0 Å². The van der Waals surface area contributed by atoms with Crippen molar-refractivity contribution in [1.82, 2.24) is 4.90 Å². The molecule has 5 heteroatoms. The van der Waals surface area contributed by atoms with E-state index in [4.69, 9.17) is 20.8 Å². The zero-order chi connectivity index (χ0) is 15.0. The Labute approximate surface area is 127 Å². The first kappa shape index (κ1) is 14.2. The summed E-state index contributed by atoms with van der Waals surface area (Å²) in [5.41, 5.74) is 2.59.